The van der Waals surface area contributed by atoms with Crippen LogP contribution in [0.5, 0.6) is 0 Å². The number of hydrogen-bond donors (Lipinski definition) is 2. The molecule has 1 atom stereocenters. The number of aromatic amines is 1. The number of imidazole rings is 1. The van der Waals surface area contributed by atoms with E-state index < -0.39 is 0 Å². The third-order valence-corrected chi connectivity index (χ3v) is 3.52. The highest BCUT2D eigenvalue weighted by molar-refractivity contribution is 9.10. The van der Waals surface area contributed by atoms with E-state index in [4.69, 9.17) is 11.6 Å². The van der Waals surface area contributed by atoms with Gasteiger partial charge in [0, 0.05) is 28.4 Å². The van der Waals surface area contributed by atoms with E-state index in [1.54, 1.807) is 6.20 Å². The fourth-order valence-electron chi connectivity index (χ4n) is 1.54. The second kappa shape index (κ2) is 5.67. The summed E-state index contributed by atoms with van der Waals surface area (Å²) in [5, 5.41) is 4.13. The molecule has 5 heteroatoms. The lowest BCUT2D eigenvalue weighted by Crippen LogP contribution is -2.19. The molecule has 1 aromatic carbocycles. The van der Waals surface area contributed by atoms with Gasteiger partial charge in [0.1, 0.15) is 5.82 Å². The fourth-order valence-corrected chi connectivity index (χ4v) is 2.36. The number of aromatic nitrogens is 2. The summed E-state index contributed by atoms with van der Waals surface area (Å²) in [6.45, 7) is 2.84. The van der Waals surface area contributed by atoms with Gasteiger partial charge in [-0.2, -0.15) is 0 Å². The summed E-state index contributed by atoms with van der Waals surface area (Å²) in [5.41, 5.74) is 1.17. The molecule has 3 nitrogen and oxygen atoms in total. The first-order valence-corrected chi connectivity index (χ1v) is 6.50. The summed E-state index contributed by atoms with van der Waals surface area (Å²) in [5.74, 6) is 0.940. The van der Waals surface area contributed by atoms with Gasteiger partial charge in [0.25, 0.3) is 0 Å². The van der Waals surface area contributed by atoms with E-state index in [1.807, 2.05) is 24.4 Å². The largest absolute Gasteiger partial charge is 0.347 e. The zero-order valence-corrected chi connectivity index (χ0v) is 11.7. The van der Waals surface area contributed by atoms with E-state index in [2.05, 4.69) is 38.1 Å². The number of nitrogens with zero attached hydrogens (tertiary/aromatic N) is 1. The monoisotopic (exact) mass is 313 g/mol. The van der Waals surface area contributed by atoms with Crippen molar-refractivity contribution in [2.75, 3.05) is 0 Å². The molecule has 0 bridgehead atoms. The van der Waals surface area contributed by atoms with Crippen molar-refractivity contribution >= 4 is 27.5 Å². The fraction of sp³-hybridized carbons (Fsp3) is 0.250. The molecule has 0 amide bonds. The summed E-state index contributed by atoms with van der Waals surface area (Å²) in [6, 6.07) is 5.98. The number of benzene rings is 1. The van der Waals surface area contributed by atoms with Gasteiger partial charge in [0.15, 0.2) is 0 Å². The summed E-state index contributed by atoms with van der Waals surface area (Å²) >= 11 is 9.39. The quantitative estimate of drug-likeness (QED) is 0.904. The van der Waals surface area contributed by atoms with E-state index in [0.717, 1.165) is 21.9 Å². The summed E-state index contributed by atoms with van der Waals surface area (Å²) in [6.07, 6.45) is 3.58. The maximum absolute atomic E-state index is 5.90. The maximum atomic E-state index is 5.90. The zero-order valence-electron chi connectivity index (χ0n) is 9.37. The number of nitrogens with one attached hydrogen (secondary N) is 2. The van der Waals surface area contributed by atoms with Crippen LogP contribution in [-0.4, -0.2) is 9.97 Å². The Morgan fingerprint density at radius 3 is 3.00 bits per heavy atom. The predicted molar refractivity (Wildman–Crippen MR) is 73.0 cm³/mol. The van der Waals surface area contributed by atoms with Gasteiger partial charge < -0.3 is 10.3 Å². The van der Waals surface area contributed by atoms with Gasteiger partial charge in [0.05, 0.1) is 6.04 Å². The first-order valence-electron chi connectivity index (χ1n) is 5.33. The van der Waals surface area contributed by atoms with Crippen molar-refractivity contribution in [2.45, 2.75) is 19.5 Å². The number of rotatable bonds is 4. The highest BCUT2D eigenvalue weighted by Gasteiger charge is 2.08. The molecular formula is C12H13BrClN3. The molecule has 17 heavy (non-hydrogen) atoms. The molecule has 0 aliphatic carbocycles. The minimum atomic E-state index is 0.188. The predicted octanol–water partition coefficient (Wildman–Crippen LogP) is 3.68. The van der Waals surface area contributed by atoms with Crippen molar-refractivity contribution in [1.29, 1.82) is 0 Å². The molecule has 1 heterocycles. The molecule has 0 aliphatic rings. The zero-order chi connectivity index (χ0) is 12.3. The topological polar surface area (TPSA) is 40.7 Å². The van der Waals surface area contributed by atoms with Crippen molar-refractivity contribution in [3.8, 4) is 0 Å². The Kier molecular flexibility index (Phi) is 4.20. The molecule has 2 rings (SSSR count). The minimum Gasteiger partial charge on any atom is -0.347 e. The van der Waals surface area contributed by atoms with Crippen LogP contribution < -0.4 is 5.32 Å². The molecule has 0 saturated carbocycles. The van der Waals surface area contributed by atoms with Crippen LogP contribution in [0.1, 0.15) is 24.4 Å². The Labute approximate surface area is 114 Å². The molecule has 0 spiro atoms. The van der Waals surface area contributed by atoms with Crippen LogP contribution in [0.25, 0.3) is 0 Å². The molecule has 1 unspecified atom stereocenters. The van der Waals surface area contributed by atoms with Crippen LogP contribution in [0, 0.1) is 0 Å². The van der Waals surface area contributed by atoms with Crippen molar-refractivity contribution in [3.63, 3.8) is 0 Å². The van der Waals surface area contributed by atoms with Crippen LogP contribution in [0.2, 0.25) is 5.02 Å². The van der Waals surface area contributed by atoms with Crippen LogP contribution >= 0.6 is 27.5 Å². The molecule has 2 aromatic rings. The van der Waals surface area contributed by atoms with Crippen LogP contribution in [0.4, 0.5) is 0 Å². The van der Waals surface area contributed by atoms with E-state index in [9.17, 15) is 0 Å². The van der Waals surface area contributed by atoms with E-state index in [-0.39, 0.29) is 6.04 Å². The van der Waals surface area contributed by atoms with Gasteiger partial charge in [-0.15, -0.1) is 0 Å². The van der Waals surface area contributed by atoms with Gasteiger partial charge in [-0.3, -0.25) is 0 Å². The van der Waals surface area contributed by atoms with Gasteiger partial charge in [0.2, 0.25) is 0 Å². The first kappa shape index (κ1) is 12.6. The van der Waals surface area contributed by atoms with Gasteiger partial charge >= 0.3 is 0 Å². The molecule has 1 aromatic heterocycles. The molecule has 0 saturated heterocycles. The second-order valence-electron chi connectivity index (χ2n) is 3.81. The molecule has 0 aliphatic heterocycles. The van der Waals surface area contributed by atoms with Gasteiger partial charge in [-0.05, 0) is 24.6 Å². The maximum Gasteiger partial charge on any atom is 0.122 e. The first-order chi connectivity index (χ1) is 8.16. The third-order valence-electron chi connectivity index (χ3n) is 2.54. The average Bonchev–Trinajstić information content (AvgIpc) is 2.81. The van der Waals surface area contributed by atoms with Crippen molar-refractivity contribution in [2.24, 2.45) is 0 Å². The van der Waals surface area contributed by atoms with Crippen molar-refractivity contribution < 1.29 is 0 Å². The highest BCUT2D eigenvalue weighted by atomic mass is 79.9. The molecule has 2 N–H and O–H groups in total. The summed E-state index contributed by atoms with van der Waals surface area (Å²) in [7, 11) is 0. The number of H-pyrrole nitrogens is 1. The Morgan fingerprint density at radius 2 is 2.35 bits per heavy atom. The van der Waals surface area contributed by atoms with Crippen molar-refractivity contribution in [3.05, 3.63) is 51.5 Å². The highest BCUT2D eigenvalue weighted by Crippen LogP contribution is 2.22. The molecule has 0 fully saturated rings. The normalized spacial score (nSPS) is 12.6. The van der Waals surface area contributed by atoms with Crippen LogP contribution in [-0.2, 0) is 6.54 Å². The Hall–Kier alpha value is -0.840. The minimum absolute atomic E-state index is 0.188. The SMILES string of the molecule is CC(NCc1ccc(Cl)cc1Br)c1ncc[nH]1. The average molecular weight is 315 g/mol. The van der Waals surface area contributed by atoms with Gasteiger partial charge in [-0.25, -0.2) is 4.98 Å². The van der Waals surface area contributed by atoms with Crippen LogP contribution in [0.3, 0.4) is 0 Å². The Bertz CT molecular complexity index is 485. The van der Waals surface area contributed by atoms with E-state index >= 15 is 0 Å². The van der Waals surface area contributed by atoms with Crippen molar-refractivity contribution in [1.82, 2.24) is 15.3 Å². The Balaban J connectivity index is 1.98. The summed E-state index contributed by atoms with van der Waals surface area (Å²) in [4.78, 5) is 7.30. The second-order valence-corrected chi connectivity index (χ2v) is 5.10. The van der Waals surface area contributed by atoms with Gasteiger partial charge in [-0.1, -0.05) is 33.6 Å². The lowest BCUT2D eigenvalue weighted by atomic mass is 10.2. The van der Waals surface area contributed by atoms with E-state index in [1.165, 1.54) is 5.56 Å². The summed E-state index contributed by atoms with van der Waals surface area (Å²) < 4.78 is 1.02. The molecule has 0 radical (unpaired) electrons. The third kappa shape index (κ3) is 3.31. The van der Waals surface area contributed by atoms with E-state index in [0.29, 0.717) is 0 Å². The molecular weight excluding hydrogens is 302 g/mol. The molecule has 90 valence electrons. The lowest BCUT2D eigenvalue weighted by molar-refractivity contribution is 0.550. The Morgan fingerprint density at radius 1 is 1.53 bits per heavy atom. The standard InChI is InChI=1S/C12H13BrClN3/c1-8(12-15-4-5-16-12)17-7-9-2-3-10(14)6-11(9)13/h2-6,8,17H,7H2,1H3,(H,15,16). The lowest BCUT2D eigenvalue weighted by Gasteiger charge is -2.12. The smallest absolute Gasteiger partial charge is 0.122 e. The number of hydrogen-bond acceptors (Lipinski definition) is 2. The number of halogens is 2. The van der Waals surface area contributed by atoms with Crippen LogP contribution in [0.15, 0.2) is 35.1 Å².